The van der Waals surface area contributed by atoms with Crippen LogP contribution in [0.25, 0.3) is 0 Å². The minimum absolute atomic E-state index is 0.125. The van der Waals surface area contributed by atoms with Crippen molar-refractivity contribution in [3.63, 3.8) is 0 Å². The molecular weight excluding hydrogens is 375 g/mol. The monoisotopic (exact) mass is 396 g/mol. The molecule has 23 heavy (non-hydrogen) atoms. The molecule has 0 radical (unpaired) electrons. The van der Waals surface area contributed by atoms with Crippen molar-refractivity contribution in [3.05, 3.63) is 0 Å². The molecule has 0 aliphatic carbocycles. The topological polar surface area (TPSA) is 105 Å². The van der Waals surface area contributed by atoms with Crippen LogP contribution in [-0.4, -0.2) is 63.8 Å². The summed E-state index contributed by atoms with van der Waals surface area (Å²) in [5.74, 6) is -2.04. The van der Waals surface area contributed by atoms with Gasteiger partial charge in [0.25, 0.3) is 0 Å². The van der Waals surface area contributed by atoms with Gasteiger partial charge in [-0.15, -0.1) is 0 Å². The van der Waals surface area contributed by atoms with E-state index in [2.05, 4.69) is 0 Å². The SMILES string of the molecule is CC(=O)OC[C@@H](OC(C)=O)[C@@H]1[Se]C[C@H](OC(C)=O)[C@H]1OC(C)=O. The van der Waals surface area contributed by atoms with E-state index in [9.17, 15) is 19.2 Å². The van der Waals surface area contributed by atoms with Crippen LogP contribution < -0.4 is 0 Å². The molecule has 1 aliphatic heterocycles. The van der Waals surface area contributed by atoms with Crippen molar-refractivity contribution in [2.24, 2.45) is 0 Å². The minimum atomic E-state index is -0.749. The third-order valence-corrected chi connectivity index (χ3v) is 6.00. The van der Waals surface area contributed by atoms with E-state index in [1.54, 1.807) is 0 Å². The number of ether oxygens (including phenoxy) is 4. The van der Waals surface area contributed by atoms with Crippen molar-refractivity contribution < 1.29 is 38.1 Å². The maximum atomic E-state index is 11.3. The van der Waals surface area contributed by atoms with Gasteiger partial charge in [0.1, 0.15) is 0 Å². The van der Waals surface area contributed by atoms with Gasteiger partial charge in [-0.1, -0.05) is 0 Å². The Morgan fingerprint density at radius 1 is 0.957 bits per heavy atom. The summed E-state index contributed by atoms with van der Waals surface area (Å²) >= 11 is -0.125. The van der Waals surface area contributed by atoms with Gasteiger partial charge < -0.3 is 0 Å². The first-order chi connectivity index (χ1) is 10.7. The molecule has 9 heteroatoms. The standard InChI is InChI=1S/C14H20O8Se/c1-7(15)19-5-11(20-8(2)16)14-13(22-10(4)18)12(6-23-14)21-9(3)17/h11-14H,5-6H2,1-4H3/t11-,12+,13-,14+/m1/s1. The molecule has 0 aromatic rings. The molecule has 0 aromatic heterocycles. The second kappa shape index (κ2) is 8.88. The van der Waals surface area contributed by atoms with E-state index >= 15 is 0 Å². The molecule has 130 valence electrons. The van der Waals surface area contributed by atoms with Crippen LogP contribution >= 0.6 is 0 Å². The van der Waals surface area contributed by atoms with E-state index in [1.807, 2.05) is 0 Å². The zero-order valence-corrected chi connectivity index (χ0v) is 15.1. The van der Waals surface area contributed by atoms with E-state index in [0.717, 1.165) is 0 Å². The van der Waals surface area contributed by atoms with Gasteiger partial charge in [-0.2, -0.15) is 0 Å². The van der Waals surface area contributed by atoms with Crippen molar-refractivity contribution in [2.75, 3.05) is 6.61 Å². The van der Waals surface area contributed by atoms with Crippen LogP contribution in [0.15, 0.2) is 0 Å². The van der Waals surface area contributed by atoms with E-state index in [4.69, 9.17) is 18.9 Å². The Morgan fingerprint density at radius 3 is 2.04 bits per heavy atom. The fourth-order valence-corrected chi connectivity index (χ4v) is 5.20. The van der Waals surface area contributed by atoms with Gasteiger partial charge in [0.2, 0.25) is 0 Å². The molecule has 1 fully saturated rings. The number of rotatable bonds is 6. The summed E-state index contributed by atoms with van der Waals surface area (Å²) in [5.41, 5.74) is 0. The van der Waals surface area contributed by atoms with Crippen LogP contribution in [-0.2, 0) is 38.1 Å². The molecular formula is C14H20O8Se. The molecule has 4 atom stereocenters. The second-order valence-corrected chi connectivity index (χ2v) is 7.51. The number of esters is 4. The number of carbonyl (C=O) groups excluding carboxylic acids is 4. The molecule has 0 bridgehead atoms. The normalized spacial score (nSPS) is 24.4. The Labute approximate surface area is 140 Å². The third-order valence-electron chi connectivity index (χ3n) is 2.90. The summed E-state index contributed by atoms with van der Waals surface area (Å²) < 4.78 is 20.6. The van der Waals surface area contributed by atoms with Crippen molar-refractivity contribution in [1.29, 1.82) is 0 Å². The zero-order valence-electron chi connectivity index (χ0n) is 13.4. The Hall–Kier alpha value is -1.60. The summed E-state index contributed by atoms with van der Waals surface area (Å²) in [6, 6.07) is 0. The van der Waals surface area contributed by atoms with Crippen molar-refractivity contribution >= 4 is 38.8 Å². The van der Waals surface area contributed by atoms with E-state index in [0.29, 0.717) is 5.32 Å². The molecule has 1 aliphatic rings. The van der Waals surface area contributed by atoms with Crippen LogP contribution in [0.3, 0.4) is 0 Å². The third kappa shape index (κ3) is 6.58. The van der Waals surface area contributed by atoms with Gasteiger partial charge in [-0.05, 0) is 0 Å². The molecule has 0 saturated carbocycles. The predicted octanol–water partition coefficient (Wildman–Crippen LogP) is 0.269. The fraction of sp³-hybridized carbons (Fsp3) is 0.714. The quantitative estimate of drug-likeness (QED) is 0.359. The molecule has 0 amide bonds. The molecule has 1 heterocycles. The van der Waals surface area contributed by atoms with E-state index in [1.165, 1.54) is 27.7 Å². The van der Waals surface area contributed by atoms with Crippen molar-refractivity contribution in [1.82, 2.24) is 0 Å². The summed E-state index contributed by atoms with van der Waals surface area (Å²) in [6.45, 7) is 4.88. The summed E-state index contributed by atoms with van der Waals surface area (Å²) in [7, 11) is 0. The molecule has 0 unspecified atom stereocenters. The van der Waals surface area contributed by atoms with Gasteiger partial charge in [0.15, 0.2) is 0 Å². The van der Waals surface area contributed by atoms with Gasteiger partial charge in [0, 0.05) is 0 Å². The number of hydrogen-bond donors (Lipinski definition) is 0. The Morgan fingerprint density at radius 2 is 1.57 bits per heavy atom. The van der Waals surface area contributed by atoms with Crippen molar-refractivity contribution in [2.45, 2.75) is 56.1 Å². The number of hydrogen-bond acceptors (Lipinski definition) is 8. The predicted molar refractivity (Wildman–Crippen MR) is 77.6 cm³/mol. The van der Waals surface area contributed by atoms with E-state index < -0.39 is 42.2 Å². The molecule has 0 spiro atoms. The Kier molecular flexibility index (Phi) is 7.51. The van der Waals surface area contributed by atoms with Gasteiger partial charge in [-0.25, -0.2) is 0 Å². The Bertz CT molecular complexity index is 477. The second-order valence-electron chi connectivity index (χ2n) is 4.97. The average molecular weight is 395 g/mol. The van der Waals surface area contributed by atoms with Gasteiger partial charge in [-0.3, -0.25) is 0 Å². The van der Waals surface area contributed by atoms with Crippen LogP contribution in [0.5, 0.6) is 0 Å². The first-order valence-corrected chi connectivity index (χ1v) is 9.17. The molecule has 0 N–H and O–H groups in total. The summed E-state index contributed by atoms with van der Waals surface area (Å²) in [4.78, 5) is 44.5. The molecule has 1 rings (SSSR count). The molecule has 8 nitrogen and oxygen atoms in total. The Balaban J connectivity index is 2.91. The van der Waals surface area contributed by atoms with Crippen molar-refractivity contribution in [3.8, 4) is 0 Å². The number of carbonyl (C=O) groups is 4. The summed E-state index contributed by atoms with van der Waals surface area (Å²) in [6.07, 6.45) is -2.06. The van der Waals surface area contributed by atoms with Gasteiger partial charge in [0.05, 0.1) is 0 Å². The van der Waals surface area contributed by atoms with Crippen LogP contribution in [0.4, 0.5) is 0 Å². The fourth-order valence-electron chi connectivity index (χ4n) is 2.18. The van der Waals surface area contributed by atoms with Crippen LogP contribution in [0.1, 0.15) is 27.7 Å². The van der Waals surface area contributed by atoms with Crippen LogP contribution in [0, 0.1) is 0 Å². The van der Waals surface area contributed by atoms with Crippen LogP contribution in [0.2, 0.25) is 10.1 Å². The summed E-state index contributed by atoms with van der Waals surface area (Å²) in [5, 5.41) is 0.521. The first kappa shape index (κ1) is 19.4. The molecule has 1 saturated heterocycles. The first-order valence-electron chi connectivity index (χ1n) is 6.97. The zero-order chi connectivity index (χ0) is 17.6. The maximum absolute atomic E-state index is 11.3. The van der Waals surface area contributed by atoms with E-state index in [-0.39, 0.29) is 26.4 Å². The average Bonchev–Trinajstić information content (AvgIpc) is 2.75. The molecule has 0 aromatic carbocycles. The van der Waals surface area contributed by atoms with Gasteiger partial charge >= 0.3 is 140 Å².